The van der Waals surface area contributed by atoms with Gasteiger partial charge in [0.15, 0.2) is 10.8 Å². The summed E-state index contributed by atoms with van der Waals surface area (Å²) >= 11 is 5.98. The molecule has 2 aromatic rings. The number of ether oxygens (including phenoxy) is 1. The first kappa shape index (κ1) is 23.4. The summed E-state index contributed by atoms with van der Waals surface area (Å²) in [6.07, 6.45) is 3.79. The highest BCUT2D eigenvalue weighted by Gasteiger charge is 2.48. The minimum atomic E-state index is -1.19. The molecule has 1 spiro atoms. The first-order chi connectivity index (χ1) is 15.6. The van der Waals surface area contributed by atoms with E-state index in [9.17, 15) is 9.59 Å². The molecule has 2 heterocycles. The van der Waals surface area contributed by atoms with Crippen LogP contribution in [0.4, 0.5) is 4.79 Å². The summed E-state index contributed by atoms with van der Waals surface area (Å²) in [7, 11) is 0. The number of nitrogens with zero attached hydrogens (tertiary/aromatic N) is 3. The van der Waals surface area contributed by atoms with Gasteiger partial charge in [0.2, 0.25) is 0 Å². The molecule has 1 aliphatic heterocycles. The zero-order valence-electron chi connectivity index (χ0n) is 19.1. The van der Waals surface area contributed by atoms with Gasteiger partial charge in [0, 0.05) is 12.0 Å². The summed E-state index contributed by atoms with van der Waals surface area (Å²) in [5, 5.41) is 12.2. The van der Waals surface area contributed by atoms with Crippen LogP contribution in [0.5, 0.6) is 0 Å². The molecule has 1 atom stereocenters. The van der Waals surface area contributed by atoms with Crippen LogP contribution in [0.2, 0.25) is 5.15 Å². The molecule has 33 heavy (non-hydrogen) atoms. The van der Waals surface area contributed by atoms with Gasteiger partial charge in [-0.2, -0.15) is 0 Å². The maximum atomic E-state index is 12.7. The van der Waals surface area contributed by atoms with Gasteiger partial charge in [-0.15, -0.1) is 0 Å². The zero-order chi connectivity index (χ0) is 23.8. The summed E-state index contributed by atoms with van der Waals surface area (Å²) in [6, 6.07) is 8.19. The van der Waals surface area contributed by atoms with E-state index in [1.165, 1.54) is 17.3 Å². The summed E-state index contributed by atoms with van der Waals surface area (Å²) in [5.74, 6) is -1.19. The maximum absolute atomic E-state index is 12.7. The third kappa shape index (κ3) is 5.12. The van der Waals surface area contributed by atoms with E-state index in [4.69, 9.17) is 21.4 Å². The van der Waals surface area contributed by atoms with E-state index >= 15 is 0 Å². The lowest BCUT2D eigenvalue weighted by Gasteiger charge is -2.43. The van der Waals surface area contributed by atoms with Crippen LogP contribution >= 0.6 is 11.6 Å². The highest BCUT2D eigenvalue weighted by atomic mass is 35.5. The molecule has 9 heteroatoms. The molecule has 4 rings (SSSR count). The third-order valence-corrected chi connectivity index (χ3v) is 6.67. The highest BCUT2D eigenvalue weighted by molar-refractivity contribution is 6.31. The van der Waals surface area contributed by atoms with Crippen molar-refractivity contribution in [1.29, 1.82) is 0 Å². The standard InChI is InChI=1S/C24H29ClN4O4/c1-23(2,3)33-22(32)28-19-17-7-5-4-6-15(17)12-24(19)8-10-29(11-9-24)14-16-13-26-18(21(30)31)20(25)27-16/h4-7,13,19H,8-12,14H2,1-3H3,(H,28,32)(H,30,31)/t19-/m1/s1. The molecule has 0 radical (unpaired) electrons. The Morgan fingerprint density at radius 1 is 1.27 bits per heavy atom. The normalized spacial score (nSPS) is 19.8. The topological polar surface area (TPSA) is 105 Å². The van der Waals surface area contributed by atoms with Crippen LogP contribution in [0.25, 0.3) is 0 Å². The van der Waals surface area contributed by atoms with E-state index in [-0.39, 0.29) is 22.3 Å². The Labute approximate surface area is 198 Å². The number of nitrogens with one attached hydrogen (secondary N) is 1. The lowest BCUT2D eigenvalue weighted by Crippen LogP contribution is -2.47. The maximum Gasteiger partial charge on any atom is 0.408 e. The fraction of sp³-hybridized carbons (Fsp3) is 0.500. The quantitative estimate of drug-likeness (QED) is 0.685. The summed E-state index contributed by atoms with van der Waals surface area (Å²) < 4.78 is 5.56. The Balaban J connectivity index is 1.47. The van der Waals surface area contributed by atoms with Crippen molar-refractivity contribution in [2.24, 2.45) is 5.41 Å². The molecule has 2 aliphatic rings. The molecule has 1 aromatic heterocycles. The van der Waals surface area contributed by atoms with Crippen LogP contribution in [0, 0.1) is 5.41 Å². The molecule has 0 saturated carbocycles. The molecule has 1 fully saturated rings. The number of piperidine rings is 1. The average molecular weight is 473 g/mol. The minimum Gasteiger partial charge on any atom is -0.476 e. The number of carboxylic acid groups (broad SMARTS) is 1. The number of rotatable bonds is 4. The van der Waals surface area contributed by atoms with E-state index in [1.54, 1.807) is 0 Å². The van der Waals surface area contributed by atoms with Gasteiger partial charge >= 0.3 is 12.1 Å². The van der Waals surface area contributed by atoms with Gasteiger partial charge < -0.3 is 15.2 Å². The van der Waals surface area contributed by atoms with Crippen molar-refractivity contribution in [2.75, 3.05) is 13.1 Å². The lowest BCUT2D eigenvalue weighted by atomic mass is 9.72. The van der Waals surface area contributed by atoms with Crippen LogP contribution in [-0.2, 0) is 17.7 Å². The monoisotopic (exact) mass is 472 g/mol. The number of amides is 1. The summed E-state index contributed by atoms with van der Waals surface area (Å²) in [6.45, 7) is 7.77. The second-order valence-electron chi connectivity index (χ2n) is 9.90. The van der Waals surface area contributed by atoms with Crippen LogP contribution < -0.4 is 5.32 Å². The van der Waals surface area contributed by atoms with Crippen molar-refractivity contribution >= 4 is 23.7 Å². The fourth-order valence-corrected chi connectivity index (χ4v) is 5.15. The molecule has 0 unspecified atom stereocenters. The molecule has 1 aromatic carbocycles. The molecule has 1 amide bonds. The van der Waals surface area contributed by atoms with Crippen molar-refractivity contribution < 1.29 is 19.4 Å². The molecule has 1 aliphatic carbocycles. The van der Waals surface area contributed by atoms with Crippen molar-refractivity contribution in [1.82, 2.24) is 20.2 Å². The molecule has 8 nitrogen and oxygen atoms in total. The van der Waals surface area contributed by atoms with Crippen LogP contribution in [0.1, 0.15) is 67.0 Å². The number of alkyl carbamates (subject to hydrolysis) is 1. The van der Waals surface area contributed by atoms with Crippen LogP contribution in [0.15, 0.2) is 30.5 Å². The second-order valence-corrected chi connectivity index (χ2v) is 10.3. The van der Waals surface area contributed by atoms with Crippen molar-refractivity contribution in [2.45, 2.75) is 58.2 Å². The predicted molar refractivity (Wildman–Crippen MR) is 123 cm³/mol. The number of hydrogen-bond donors (Lipinski definition) is 2. The smallest absolute Gasteiger partial charge is 0.408 e. The van der Waals surface area contributed by atoms with Crippen molar-refractivity contribution in [3.63, 3.8) is 0 Å². The predicted octanol–water partition coefficient (Wildman–Crippen LogP) is 4.23. The third-order valence-electron chi connectivity index (χ3n) is 6.40. The van der Waals surface area contributed by atoms with Crippen LogP contribution in [0.3, 0.4) is 0 Å². The lowest BCUT2D eigenvalue weighted by molar-refractivity contribution is 0.0339. The largest absolute Gasteiger partial charge is 0.476 e. The number of carbonyl (C=O) groups excluding carboxylic acids is 1. The number of halogens is 1. The second kappa shape index (κ2) is 8.91. The van der Waals surface area contributed by atoms with Gasteiger partial charge in [0.05, 0.1) is 17.9 Å². The van der Waals surface area contributed by atoms with Gasteiger partial charge in [0.25, 0.3) is 0 Å². The Bertz CT molecular complexity index is 1060. The SMILES string of the molecule is CC(C)(C)OC(=O)N[C@@H]1c2ccccc2CC12CCN(Cc1cnc(C(=O)O)c(Cl)n1)CC2. The summed E-state index contributed by atoms with van der Waals surface area (Å²) in [5.41, 5.74) is 2.20. The number of aromatic nitrogens is 2. The average Bonchev–Trinajstić information content (AvgIpc) is 3.01. The number of benzene rings is 1. The zero-order valence-corrected chi connectivity index (χ0v) is 19.9. The summed E-state index contributed by atoms with van der Waals surface area (Å²) in [4.78, 5) is 34.2. The number of likely N-dealkylation sites (tertiary alicyclic amines) is 1. The first-order valence-electron chi connectivity index (χ1n) is 11.1. The number of aromatic carboxylic acids is 1. The van der Waals surface area contributed by atoms with Gasteiger partial charge in [-0.3, -0.25) is 4.90 Å². The highest BCUT2D eigenvalue weighted by Crippen LogP contribution is 2.52. The Morgan fingerprint density at radius 3 is 2.61 bits per heavy atom. The van der Waals surface area contributed by atoms with Crippen LogP contribution in [-0.4, -0.2) is 50.7 Å². The van der Waals surface area contributed by atoms with Crippen molar-refractivity contribution in [3.05, 3.63) is 58.1 Å². The molecule has 1 saturated heterocycles. The molecule has 0 bridgehead atoms. The van der Waals surface area contributed by atoms with E-state index in [2.05, 4.69) is 32.3 Å². The number of hydrogen-bond acceptors (Lipinski definition) is 6. The molecule has 2 N–H and O–H groups in total. The van der Waals surface area contributed by atoms with Gasteiger partial charge in [-0.25, -0.2) is 19.6 Å². The first-order valence-corrected chi connectivity index (χ1v) is 11.5. The number of carboxylic acids is 1. The van der Waals surface area contributed by atoms with E-state index in [0.29, 0.717) is 12.2 Å². The van der Waals surface area contributed by atoms with Gasteiger partial charge in [-0.1, -0.05) is 35.9 Å². The molecule has 176 valence electrons. The Morgan fingerprint density at radius 2 is 1.97 bits per heavy atom. The van der Waals surface area contributed by atoms with E-state index in [0.717, 1.165) is 32.4 Å². The Hall–Kier alpha value is -2.71. The van der Waals surface area contributed by atoms with Gasteiger partial charge in [0.1, 0.15) is 5.60 Å². The Kier molecular flexibility index (Phi) is 6.33. The van der Waals surface area contributed by atoms with Gasteiger partial charge in [-0.05, 0) is 64.3 Å². The number of fused-ring (bicyclic) bond motifs is 1. The molecular weight excluding hydrogens is 444 g/mol. The van der Waals surface area contributed by atoms with E-state index in [1.807, 2.05) is 32.9 Å². The van der Waals surface area contributed by atoms with Crippen molar-refractivity contribution in [3.8, 4) is 0 Å². The number of carbonyl (C=O) groups is 2. The fourth-order valence-electron chi connectivity index (χ4n) is 4.92. The minimum absolute atomic E-state index is 0.0758. The molecular formula is C24H29ClN4O4. The van der Waals surface area contributed by atoms with E-state index < -0.39 is 17.7 Å².